The summed E-state index contributed by atoms with van der Waals surface area (Å²) < 4.78 is 5.22. The van der Waals surface area contributed by atoms with Crippen LogP contribution in [0.4, 0.5) is 0 Å². The van der Waals surface area contributed by atoms with Crippen LogP contribution in [0.1, 0.15) is 26.2 Å². The van der Waals surface area contributed by atoms with Gasteiger partial charge in [-0.1, -0.05) is 0 Å². The summed E-state index contributed by atoms with van der Waals surface area (Å²) in [6, 6.07) is 0.181. The van der Waals surface area contributed by atoms with Crippen molar-refractivity contribution in [3.05, 3.63) is 0 Å². The zero-order chi connectivity index (χ0) is 13.2. The molecule has 6 nitrogen and oxygen atoms in total. The fourth-order valence-electron chi connectivity index (χ4n) is 2.58. The van der Waals surface area contributed by atoms with Crippen molar-refractivity contribution < 1.29 is 14.3 Å². The average molecular weight is 255 g/mol. The first-order valence-corrected chi connectivity index (χ1v) is 6.44. The molecular formula is C12H21N3O3. The maximum atomic E-state index is 12.3. The summed E-state index contributed by atoms with van der Waals surface area (Å²) in [7, 11) is 0. The topological polar surface area (TPSA) is 84.7 Å². The summed E-state index contributed by atoms with van der Waals surface area (Å²) >= 11 is 0. The maximum absolute atomic E-state index is 12.3. The van der Waals surface area contributed by atoms with Gasteiger partial charge in [-0.15, -0.1) is 0 Å². The Hall–Kier alpha value is -1.14. The number of likely N-dealkylation sites (tertiary alicyclic amines) is 1. The molecular weight excluding hydrogens is 234 g/mol. The van der Waals surface area contributed by atoms with Crippen LogP contribution in [0.3, 0.4) is 0 Å². The van der Waals surface area contributed by atoms with Crippen LogP contribution in [0.5, 0.6) is 0 Å². The Morgan fingerprint density at radius 3 is 2.56 bits per heavy atom. The second-order valence-corrected chi connectivity index (χ2v) is 5.23. The highest BCUT2D eigenvalue weighted by Gasteiger charge is 2.41. The zero-order valence-electron chi connectivity index (χ0n) is 10.8. The van der Waals surface area contributed by atoms with E-state index >= 15 is 0 Å². The summed E-state index contributed by atoms with van der Waals surface area (Å²) in [4.78, 5) is 25.0. The van der Waals surface area contributed by atoms with Gasteiger partial charge in [0.2, 0.25) is 11.8 Å². The third-order valence-electron chi connectivity index (χ3n) is 3.67. The molecule has 2 aliphatic rings. The highest BCUT2D eigenvalue weighted by atomic mass is 16.5. The Kier molecular flexibility index (Phi) is 3.87. The number of nitrogens with two attached hydrogens (primary N) is 1. The molecule has 102 valence electrons. The van der Waals surface area contributed by atoms with Crippen molar-refractivity contribution in [2.24, 2.45) is 5.73 Å². The van der Waals surface area contributed by atoms with Crippen molar-refractivity contribution in [1.29, 1.82) is 0 Å². The molecule has 0 aliphatic carbocycles. The number of piperidine rings is 1. The van der Waals surface area contributed by atoms with E-state index in [2.05, 4.69) is 5.32 Å². The second-order valence-electron chi connectivity index (χ2n) is 5.23. The van der Waals surface area contributed by atoms with Gasteiger partial charge in [-0.2, -0.15) is 0 Å². The van der Waals surface area contributed by atoms with Gasteiger partial charge in [0.1, 0.15) is 5.54 Å². The van der Waals surface area contributed by atoms with Crippen LogP contribution < -0.4 is 11.1 Å². The van der Waals surface area contributed by atoms with E-state index in [9.17, 15) is 9.59 Å². The minimum Gasteiger partial charge on any atom is -0.379 e. The van der Waals surface area contributed by atoms with E-state index in [0.29, 0.717) is 32.7 Å². The molecule has 0 spiro atoms. The number of carbonyl (C=O) groups excluding carboxylic acids is 2. The van der Waals surface area contributed by atoms with Crippen molar-refractivity contribution >= 4 is 11.8 Å². The van der Waals surface area contributed by atoms with Crippen molar-refractivity contribution in [3.8, 4) is 0 Å². The summed E-state index contributed by atoms with van der Waals surface area (Å²) in [6.07, 6.45) is 2.18. The SMILES string of the molecule is CC(=O)NC1CCN(C(=O)C2(N)CCOC2)CC1. The number of hydrogen-bond donors (Lipinski definition) is 2. The van der Waals surface area contributed by atoms with Gasteiger partial charge in [0.05, 0.1) is 6.61 Å². The van der Waals surface area contributed by atoms with E-state index in [1.54, 1.807) is 4.90 Å². The molecule has 0 bridgehead atoms. The minimum absolute atomic E-state index is 0.0127. The Balaban J connectivity index is 1.86. The fraction of sp³-hybridized carbons (Fsp3) is 0.833. The summed E-state index contributed by atoms with van der Waals surface area (Å²) in [6.45, 7) is 3.70. The van der Waals surface area contributed by atoms with E-state index in [0.717, 1.165) is 12.8 Å². The van der Waals surface area contributed by atoms with Crippen LogP contribution in [-0.4, -0.2) is 54.6 Å². The zero-order valence-corrected chi connectivity index (χ0v) is 10.8. The number of nitrogens with zero attached hydrogens (tertiary/aromatic N) is 1. The third kappa shape index (κ3) is 2.81. The third-order valence-corrected chi connectivity index (χ3v) is 3.67. The van der Waals surface area contributed by atoms with Gasteiger partial charge in [0.15, 0.2) is 0 Å². The van der Waals surface area contributed by atoms with Crippen molar-refractivity contribution in [3.63, 3.8) is 0 Å². The predicted octanol–water partition coefficient (Wildman–Crippen LogP) is -0.769. The largest absolute Gasteiger partial charge is 0.379 e. The van der Waals surface area contributed by atoms with Gasteiger partial charge in [-0.25, -0.2) is 0 Å². The lowest BCUT2D eigenvalue weighted by atomic mass is 9.96. The number of hydrogen-bond acceptors (Lipinski definition) is 4. The molecule has 2 aliphatic heterocycles. The van der Waals surface area contributed by atoms with Gasteiger partial charge < -0.3 is 20.7 Å². The minimum atomic E-state index is -0.832. The Labute approximate surface area is 107 Å². The molecule has 0 radical (unpaired) electrons. The number of nitrogens with one attached hydrogen (secondary N) is 1. The Morgan fingerprint density at radius 1 is 1.39 bits per heavy atom. The summed E-state index contributed by atoms with van der Waals surface area (Å²) in [5.41, 5.74) is 5.23. The highest BCUT2D eigenvalue weighted by molar-refractivity contribution is 5.86. The van der Waals surface area contributed by atoms with Crippen LogP contribution in [0, 0.1) is 0 Å². The first-order valence-electron chi connectivity index (χ1n) is 6.44. The van der Waals surface area contributed by atoms with E-state index in [1.807, 2.05) is 0 Å². The second kappa shape index (κ2) is 5.24. The molecule has 6 heteroatoms. The first kappa shape index (κ1) is 13.3. The lowest BCUT2D eigenvalue weighted by Crippen LogP contribution is -2.58. The Bertz CT molecular complexity index is 331. The van der Waals surface area contributed by atoms with Crippen LogP contribution in [-0.2, 0) is 14.3 Å². The molecule has 1 atom stereocenters. The van der Waals surface area contributed by atoms with Gasteiger partial charge >= 0.3 is 0 Å². The van der Waals surface area contributed by atoms with E-state index < -0.39 is 5.54 Å². The normalized spacial score (nSPS) is 29.3. The lowest BCUT2D eigenvalue weighted by Gasteiger charge is -2.36. The standard InChI is InChI=1S/C12H21N3O3/c1-9(16)14-10-2-5-15(6-3-10)11(17)12(13)4-7-18-8-12/h10H,2-8,13H2,1H3,(H,14,16). The molecule has 2 rings (SSSR count). The fourth-order valence-corrected chi connectivity index (χ4v) is 2.58. The molecule has 0 saturated carbocycles. The Morgan fingerprint density at radius 2 is 2.06 bits per heavy atom. The van der Waals surface area contributed by atoms with E-state index in [-0.39, 0.29) is 17.9 Å². The van der Waals surface area contributed by atoms with Crippen LogP contribution in [0.15, 0.2) is 0 Å². The average Bonchev–Trinajstić information content (AvgIpc) is 2.77. The molecule has 2 fully saturated rings. The van der Waals surface area contributed by atoms with Gasteiger partial charge in [-0.05, 0) is 19.3 Å². The molecule has 2 amide bonds. The lowest BCUT2D eigenvalue weighted by molar-refractivity contribution is -0.138. The van der Waals surface area contributed by atoms with Crippen molar-refractivity contribution in [2.75, 3.05) is 26.3 Å². The molecule has 18 heavy (non-hydrogen) atoms. The van der Waals surface area contributed by atoms with Gasteiger partial charge in [0.25, 0.3) is 0 Å². The van der Waals surface area contributed by atoms with Gasteiger partial charge in [-0.3, -0.25) is 9.59 Å². The molecule has 2 saturated heterocycles. The smallest absolute Gasteiger partial charge is 0.245 e. The number of ether oxygens (including phenoxy) is 1. The van der Waals surface area contributed by atoms with E-state index in [1.165, 1.54) is 6.92 Å². The summed E-state index contributed by atoms with van der Waals surface area (Å²) in [5.74, 6) is -0.0273. The van der Waals surface area contributed by atoms with Crippen LogP contribution in [0.2, 0.25) is 0 Å². The monoisotopic (exact) mass is 255 g/mol. The van der Waals surface area contributed by atoms with E-state index in [4.69, 9.17) is 10.5 Å². The number of rotatable bonds is 2. The van der Waals surface area contributed by atoms with Crippen LogP contribution >= 0.6 is 0 Å². The molecule has 3 N–H and O–H groups in total. The molecule has 0 aromatic rings. The highest BCUT2D eigenvalue weighted by Crippen LogP contribution is 2.21. The first-order chi connectivity index (χ1) is 8.51. The van der Waals surface area contributed by atoms with Crippen LogP contribution in [0.25, 0.3) is 0 Å². The predicted molar refractivity (Wildman–Crippen MR) is 65.8 cm³/mol. The maximum Gasteiger partial charge on any atom is 0.245 e. The van der Waals surface area contributed by atoms with Crippen molar-refractivity contribution in [2.45, 2.75) is 37.8 Å². The number of carbonyl (C=O) groups is 2. The molecule has 1 unspecified atom stereocenters. The van der Waals surface area contributed by atoms with Crippen molar-refractivity contribution in [1.82, 2.24) is 10.2 Å². The quantitative estimate of drug-likeness (QED) is 0.678. The van der Waals surface area contributed by atoms with Gasteiger partial charge in [0, 0.05) is 32.7 Å². The number of amides is 2. The molecule has 0 aromatic carbocycles. The molecule has 2 heterocycles. The summed E-state index contributed by atoms with van der Waals surface area (Å²) in [5, 5.41) is 2.89. The molecule has 0 aromatic heterocycles.